The van der Waals surface area contributed by atoms with Gasteiger partial charge in [0.1, 0.15) is 11.5 Å². The molecule has 176 valence electrons. The first-order valence-electron chi connectivity index (χ1n) is 10.8. The summed E-state index contributed by atoms with van der Waals surface area (Å²) in [6, 6.07) is 17.2. The predicted octanol–water partition coefficient (Wildman–Crippen LogP) is 4.76. The third kappa shape index (κ3) is 4.27. The number of hydrogen-bond donors (Lipinski definition) is 0. The van der Waals surface area contributed by atoms with E-state index in [0.717, 1.165) is 33.9 Å². The van der Waals surface area contributed by atoms with Crippen LogP contribution in [0.5, 0.6) is 0 Å². The van der Waals surface area contributed by atoms with Crippen LogP contribution in [-0.2, 0) is 10.0 Å². The topological polar surface area (TPSA) is 70.8 Å². The fraction of sp³-hybridized carbons (Fsp3) is 0.250. The summed E-state index contributed by atoms with van der Waals surface area (Å²) in [5, 5.41) is 6.23. The highest BCUT2D eigenvalue weighted by Crippen LogP contribution is 2.39. The van der Waals surface area contributed by atoms with Gasteiger partial charge in [0.05, 0.1) is 16.8 Å². The molecule has 4 aromatic rings. The number of piperazine rings is 1. The first-order chi connectivity index (χ1) is 16.2. The number of aryl methyl sites for hydroxylation is 1. The fourth-order valence-corrected chi connectivity index (χ4v) is 5.50. The Morgan fingerprint density at radius 2 is 1.62 bits per heavy atom. The smallest absolute Gasteiger partial charge is 0.211 e. The van der Waals surface area contributed by atoms with Crippen LogP contribution >= 0.6 is 23.2 Å². The third-order valence-electron chi connectivity index (χ3n) is 5.99. The van der Waals surface area contributed by atoms with Crippen LogP contribution < -0.4 is 4.90 Å². The number of fused-ring (bicyclic) bond motifs is 1. The highest BCUT2D eigenvalue weighted by Gasteiger charge is 2.27. The Morgan fingerprint density at radius 3 is 2.26 bits per heavy atom. The van der Waals surface area contributed by atoms with Crippen LogP contribution in [0.15, 0.2) is 54.6 Å². The second-order valence-corrected chi connectivity index (χ2v) is 11.2. The second kappa shape index (κ2) is 8.85. The quantitative estimate of drug-likeness (QED) is 0.391. The molecule has 0 unspecified atom stereocenters. The lowest BCUT2D eigenvalue weighted by atomic mass is 10.0. The average Bonchev–Trinajstić information content (AvgIpc) is 3.18. The summed E-state index contributed by atoms with van der Waals surface area (Å²) in [5.41, 5.74) is 4.88. The Bertz CT molecular complexity index is 1480. The van der Waals surface area contributed by atoms with Crippen LogP contribution in [0.3, 0.4) is 0 Å². The molecule has 1 fully saturated rings. The fourth-order valence-electron chi connectivity index (χ4n) is 4.32. The van der Waals surface area contributed by atoms with Gasteiger partial charge in [-0.25, -0.2) is 13.4 Å². The van der Waals surface area contributed by atoms with Gasteiger partial charge in [-0.2, -0.15) is 13.9 Å². The number of benzene rings is 2. The number of hydrogen-bond acceptors (Lipinski definition) is 5. The van der Waals surface area contributed by atoms with Gasteiger partial charge in [-0.05, 0) is 30.7 Å². The van der Waals surface area contributed by atoms with Crippen molar-refractivity contribution in [2.24, 2.45) is 0 Å². The number of anilines is 1. The summed E-state index contributed by atoms with van der Waals surface area (Å²) in [4.78, 5) is 7.00. The molecule has 0 bridgehead atoms. The maximum absolute atomic E-state index is 12.0. The van der Waals surface area contributed by atoms with Gasteiger partial charge < -0.3 is 4.90 Å². The first kappa shape index (κ1) is 23.1. The van der Waals surface area contributed by atoms with Crippen LogP contribution in [0, 0.1) is 6.92 Å². The van der Waals surface area contributed by atoms with Crippen LogP contribution in [0.2, 0.25) is 10.0 Å². The molecule has 0 aliphatic carbocycles. The largest absolute Gasteiger partial charge is 0.354 e. The van der Waals surface area contributed by atoms with E-state index in [4.69, 9.17) is 33.3 Å². The predicted molar refractivity (Wildman–Crippen MR) is 137 cm³/mol. The molecule has 1 saturated heterocycles. The van der Waals surface area contributed by atoms with Crippen molar-refractivity contribution in [2.75, 3.05) is 37.3 Å². The lowest BCUT2D eigenvalue weighted by Crippen LogP contribution is -2.48. The lowest BCUT2D eigenvalue weighted by molar-refractivity contribution is 0.386. The zero-order valence-corrected chi connectivity index (χ0v) is 21.1. The van der Waals surface area contributed by atoms with E-state index in [1.807, 2.05) is 66.0 Å². The molecule has 34 heavy (non-hydrogen) atoms. The third-order valence-corrected chi connectivity index (χ3v) is 7.88. The SMILES string of the molecule is Cc1cc(N2CCN(S(C)(=O)=O)CC2)n2nc(-c3ccccc3Cl)c(-c3ccc(Cl)cc3)c2n1. The summed E-state index contributed by atoms with van der Waals surface area (Å²) < 4.78 is 27.3. The molecule has 1 aliphatic heterocycles. The van der Waals surface area contributed by atoms with Gasteiger partial charge in [-0.1, -0.05) is 53.5 Å². The van der Waals surface area contributed by atoms with Crippen molar-refractivity contribution in [1.29, 1.82) is 0 Å². The summed E-state index contributed by atoms with van der Waals surface area (Å²) in [6.07, 6.45) is 1.25. The van der Waals surface area contributed by atoms with Crippen molar-refractivity contribution >= 4 is 44.7 Å². The van der Waals surface area contributed by atoms with Crippen molar-refractivity contribution < 1.29 is 8.42 Å². The molecule has 0 spiro atoms. The monoisotopic (exact) mass is 515 g/mol. The Kier molecular flexibility index (Phi) is 6.02. The molecule has 2 aromatic heterocycles. The molecule has 0 atom stereocenters. The van der Waals surface area contributed by atoms with Crippen molar-refractivity contribution in [3.8, 4) is 22.4 Å². The summed E-state index contributed by atoms with van der Waals surface area (Å²) in [7, 11) is -3.22. The highest BCUT2D eigenvalue weighted by atomic mass is 35.5. The average molecular weight is 516 g/mol. The molecule has 0 amide bonds. The van der Waals surface area contributed by atoms with Crippen LogP contribution in [-0.4, -0.2) is 59.8 Å². The van der Waals surface area contributed by atoms with Crippen molar-refractivity contribution in [1.82, 2.24) is 18.9 Å². The zero-order valence-electron chi connectivity index (χ0n) is 18.7. The number of halogens is 2. The van der Waals surface area contributed by atoms with E-state index >= 15 is 0 Å². The zero-order chi connectivity index (χ0) is 24.0. The summed E-state index contributed by atoms with van der Waals surface area (Å²) >= 11 is 12.7. The number of rotatable bonds is 4. The van der Waals surface area contributed by atoms with E-state index in [1.54, 1.807) is 0 Å². The number of aromatic nitrogens is 3. The number of sulfonamides is 1. The van der Waals surface area contributed by atoms with Gasteiger partial charge >= 0.3 is 0 Å². The molecule has 10 heteroatoms. The van der Waals surface area contributed by atoms with Crippen LogP contribution in [0.1, 0.15) is 5.69 Å². The number of nitrogens with zero attached hydrogens (tertiary/aromatic N) is 5. The molecule has 0 saturated carbocycles. The highest BCUT2D eigenvalue weighted by molar-refractivity contribution is 7.88. The Hall–Kier alpha value is -2.65. The van der Waals surface area contributed by atoms with Gasteiger partial charge in [0.15, 0.2) is 5.65 Å². The molecule has 7 nitrogen and oxygen atoms in total. The standard InChI is InChI=1S/C24H23Cl2N5O2S/c1-16-15-21(29-11-13-30(14-12-29)34(2,32)33)31-24(27-16)22(17-7-9-18(25)10-8-17)23(28-31)19-5-3-4-6-20(19)26/h3-10,15H,11-14H2,1-2H3. The van der Waals surface area contributed by atoms with Crippen LogP contribution in [0.25, 0.3) is 28.0 Å². The molecule has 0 radical (unpaired) electrons. The summed E-state index contributed by atoms with van der Waals surface area (Å²) in [5.74, 6) is 0.865. The maximum atomic E-state index is 12.0. The molecule has 3 heterocycles. The lowest BCUT2D eigenvalue weighted by Gasteiger charge is -2.34. The molecule has 5 rings (SSSR count). The Morgan fingerprint density at radius 1 is 0.941 bits per heavy atom. The molecule has 1 aliphatic rings. The van der Waals surface area contributed by atoms with E-state index in [0.29, 0.717) is 41.9 Å². The minimum absolute atomic E-state index is 0.421. The van der Waals surface area contributed by atoms with Crippen molar-refractivity contribution in [3.63, 3.8) is 0 Å². The van der Waals surface area contributed by atoms with Gasteiger partial charge in [0.2, 0.25) is 10.0 Å². The van der Waals surface area contributed by atoms with E-state index in [9.17, 15) is 8.42 Å². The van der Waals surface area contributed by atoms with E-state index in [1.165, 1.54) is 10.6 Å². The van der Waals surface area contributed by atoms with E-state index < -0.39 is 10.0 Å². The molecular weight excluding hydrogens is 493 g/mol. The van der Waals surface area contributed by atoms with Gasteiger partial charge in [-0.3, -0.25) is 0 Å². The van der Waals surface area contributed by atoms with Crippen molar-refractivity contribution in [3.05, 3.63) is 70.3 Å². The first-order valence-corrected chi connectivity index (χ1v) is 13.4. The van der Waals surface area contributed by atoms with Gasteiger partial charge in [0, 0.05) is 48.5 Å². The Labute approximate surface area is 208 Å². The normalized spacial score (nSPS) is 15.2. The minimum atomic E-state index is -3.22. The molecule has 0 N–H and O–H groups in total. The molecule has 2 aromatic carbocycles. The minimum Gasteiger partial charge on any atom is -0.354 e. The summed E-state index contributed by atoms with van der Waals surface area (Å²) in [6.45, 7) is 3.91. The van der Waals surface area contributed by atoms with E-state index in [2.05, 4.69) is 4.90 Å². The maximum Gasteiger partial charge on any atom is 0.211 e. The van der Waals surface area contributed by atoms with Crippen LogP contribution in [0.4, 0.5) is 5.82 Å². The molecular formula is C24H23Cl2N5O2S. The second-order valence-electron chi connectivity index (χ2n) is 8.35. The Balaban J connectivity index is 1.71. The van der Waals surface area contributed by atoms with E-state index in [-0.39, 0.29) is 0 Å². The van der Waals surface area contributed by atoms with Gasteiger partial charge in [0.25, 0.3) is 0 Å². The van der Waals surface area contributed by atoms with Gasteiger partial charge in [-0.15, -0.1) is 0 Å². The van der Waals surface area contributed by atoms with Crippen molar-refractivity contribution in [2.45, 2.75) is 6.92 Å².